The molecule has 1 atom stereocenters. The summed E-state index contributed by atoms with van der Waals surface area (Å²) in [5, 5.41) is 0. The summed E-state index contributed by atoms with van der Waals surface area (Å²) in [5.74, 6) is 0. The van der Waals surface area contributed by atoms with E-state index in [1.54, 1.807) is 0 Å². The van der Waals surface area contributed by atoms with E-state index in [-0.39, 0.29) is 13.0 Å². The smallest absolute Gasteiger partial charge is 0.234 e. The molecule has 0 amide bonds. The van der Waals surface area contributed by atoms with E-state index in [4.69, 9.17) is 0 Å². The third kappa shape index (κ3) is 3.15. The van der Waals surface area contributed by atoms with Gasteiger partial charge in [-0.1, -0.05) is 0 Å². The molecule has 6 heteroatoms. The summed E-state index contributed by atoms with van der Waals surface area (Å²) in [4.78, 5) is 0. The van der Waals surface area contributed by atoms with Crippen LogP contribution in [0, 0.1) is 0 Å². The van der Waals surface area contributed by atoms with Gasteiger partial charge in [-0.2, -0.15) is 22.0 Å². The van der Waals surface area contributed by atoms with Crippen LogP contribution in [-0.4, -0.2) is 11.8 Å². The van der Waals surface area contributed by atoms with Crippen LogP contribution in [0.1, 0.15) is 13.3 Å². The number of hydrogen-bond acceptors (Lipinski definition) is 0. The molecule has 0 aliphatic carbocycles. The number of hydrogen-bond donors (Lipinski definition) is 0. The Morgan fingerprint density at radius 1 is 1.17 bits per heavy atom. The van der Waals surface area contributed by atoms with Crippen molar-refractivity contribution in [3.05, 3.63) is 12.2 Å². The third-order valence-electron chi connectivity index (χ3n) is 1.23. The van der Waals surface area contributed by atoms with Gasteiger partial charge in [-0.05, 0) is 13.0 Å². The standard InChI is InChI=1S/C6H6F6/c1-5(9,6(10,11)12)3-2-4(7)8/h2H,3H2,1H3. The van der Waals surface area contributed by atoms with Crippen LogP contribution in [-0.2, 0) is 0 Å². The first-order chi connectivity index (χ1) is 5.17. The summed E-state index contributed by atoms with van der Waals surface area (Å²) in [6.45, 7) is 0.215. The van der Waals surface area contributed by atoms with Gasteiger partial charge in [-0.25, -0.2) is 4.39 Å². The molecular formula is C6H6F6. The highest BCUT2D eigenvalue weighted by Gasteiger charge is 2.51. The third-order valence-corrected chi connectivity index (χ3v) is 1.23. The van der Waals surface area contributed by atoms with Gasteiger partial charge in [0.25, 0.3) is 6.08 Å². The van der Waals surface area contributed by atoms with Gasteiger partial charge < -0.3 is 0 Å². The van der Waals surface area contributed by atoms with Gasteiger partial charge in [0.1, 0.15) is 0 Å². The minimum Gasteiger partial charge on any atom is -0.234 e. The second-order valence-corrected chi connectivity index (χ2v) is 2.39. The summed E-state index contributed by atoms with van der Waals surface area (Å²) < 4.78 is 69.9. The van der Waals surface area contributed by atoms with Gasteiger partial charge in [-0.3, -0.25) is 0 Å². The molecule has 0 N–H and O–H groups in total. The summed E-state index contributed by atoms with van der Waals surface area (Å²) in [5.41, 5.74) is -3.59. The van der Waals surface area contributed by atoms with E-state index in [0.29, 0.717) is 0 Å². The maximum Gasteiger partial charge on any atom is 0.422 e. The highest BCUT2D eigenvalue weighted by atomic mass is 19.4. The van der Waals surface area contributed by atoms with E-state index in [0.717, 1.165) is 0 Å². The van der Waals surface area contributed by atoms with E-state index >= 15 is 0 Å². The lowest BCUT2D eigenvalue weighted by atomic mass is 10.0. The van der Waals surface area contributed by atoms with Gasteiger partial charge in [0.15, 0.2) is 0 Å². The highest BCUT2D eigenvalue weighted by Crippen LogP contribution is 2.36. The van der Waals surface area contributed by atoms with Crippen molar-refractivity contribution in [2.45, 2.75) is 25.2 Å². The predicted molar refractivity (Wildman–Crippen MR) is 30.5 cm³/mol. The summed E-state index contributed by atoms with van der Waals surface area (Å²) >= 11 is 0. The fourth-order valence-electron chi connectivity index (χ4n) is 0.385. The molecule has 0 saturated heterocycles. The van der Waals surface area contributed by atoms with Crippen molar-refractivity contribution in [1.82, 2.24) is 0 Å². The SMILES string of the molecule is CC(F)(CC=C(F)F)C(F)(F)F. The summed E-state index contributed by atoms with van der Waals surface area (Å²) in [6, 6.07) is 0. The maximum absolute atomic E-state index is 12.5. The molecule has 0 aliphatic rings. The Balaban J connectivity index is 4.34. The van der Waals surface area contributed by atoms with Crippen LogP contribution < -0.4 is 0 Å². The lowest BCUT2D eigenvalue weighted by Gasteiger charge is -2.21. The fraction of sp³-hybridized carbons (Fsp3) is 0.667. The summed E-state index contributed by atoms with van der Waals surface area (Å²) in [7, 11) is 0. The molecule has 0 spiro atoms. The van der Waals surface area contributed by atoms with E-state index in [1.807, 2.05) is 0 Å². The van der Waals surface area contributed by atoms with Gasteiger partial charge in [0, 0.05) is 6.42 Å². The van der Waals surface area contributed by atoms with Gasteiger partial charge in [-0.15, -0.1) is 0 Å². The van der Waals surface area contributed by atoms with Crippen LogP contribution in [0.2, 0.25) is 0 Å². The first-order valence-electron chi connectivity index (χ1n) is 2.93. The normalized spacial score (nSPS) is 16.9. The van der Waals surface area contributed by atoms with Gasteiger partial charge >= 0.3 is 6.18 Å². The lowest BCUT2D eigenvalue weighted by molar-refractivity contribution is -0.222. The monoisotopic (exact) mass is 192 g/mol. The van der Waals surface area contributed by atoms with Crippen LogP contribution >= 0.6 is 0 Å². The quantitative estimate of drug-likeness (QED) is 0.588. The van der Waals surface area contributed by atoms with E-state index in [9.17, 15) is 26.3 Å². The molecule has 0 heterocycles. The summed E-state index contributed by atoms with van der Waals surface area (Å²) in [6.07, 6.45) is -8.88. The predicted octanol–water partition coefficient (Wildman–Crippen LogP) is 3.45. The molecule has 12 heavy (non-hydrogen) atoms. The molecule has 0 nitrogen and oxygen atoms in total. The largest absolute Gasteiger partial charge is 0.422 e. The molecule has 0 aliphatic heterocycles. The first-order valence-corrected chi connectivity index (χ1v) is 2.93. The van der Waals surface area contributed by atoms with Crippen LogP contribution in [0.3, 0.4) is 0 Å². The van der Waals surface area contributed by atoms with Crippen molar-refractivity contribution in [3.63, 3.8) is 0 Å². The van der Waals surface area contributed by atoms with Gasteiger partial charge in [0.2, 0.25) is 5.67 Å². The van der Waals surface area contributed by atoms with Crippen molar-refractivity contribution in [2.75, 3.05) is 0 Å². The Bertz CT molecular complexity index is 173. The Labute approximate surface area is 64.9 Å². The number of alkyl halides is 4. The van der Waals surface area contributed by atoms with Crippen molar-refractivity contribution in [1.29, 1.82) is 0 Å². The van der Waals surface area contributed by atoms with Crippen molar-refractivity contribution < 1.29 is 26.3 Å². The average Bonchev–Trinajstić information content (AvgIpc) is 1.81. The van der Waals surface area contributed by atoms with Gasteiger partial charge in [0.05, 0.1) is 0 Å². The molecule has 0 aromatic rings. The van der Waals surface area contributed by atoms with E-state index in [1.165, 1.54) is 0 Å². The molecule has 0 bridgehead atoms. The van der Waals surface area contributed by atoms with Crippen molar-refractivity contribution in [3.8, 4) is 0 Å². The molecule has 0 fully saturated rings. The highest BCUT2D eigenvalue weighted by molar-refractivity contribution is 4.93. The Hall–Kier alpha value is -0.680. The van der Waals surface area contributed by atoms with Crippen LogP contribution in [0.5, 0.6) is 0 Å². The number of allylic oxidation sites excluding steroid dienone is 1. The minimum absolute atomic E-state index is 0.0898. The Kier molecular flexibility index (Phi) is 3.17. The molecule has 0 aromatic heterocycles. The van der Waals surface area contributed by atoms with E-state index < -0.39 is 24.3 Å². The Morgan fingerprint density at radius 3 is 1.83 bits per heavy atom. The van der Waals surface area contributed by atoms with Crippen LogP contribution in [0.4, 0.5) is 26.3 Å². The fourth-order valence-corrected chi connectivity index (χ4v) is 0.385. The van der Waals surface area contributed by atoms with Crippen molar-refractivity contribution in [2.24, 2.45) is 0 Å². The number of rotatable bonds is 2. The molecule has 0 radical (unpaired) electrons. The topological polar surface area (TPSA) is 0 Å². The molecule has 0 aromatic carbocycles. The number of halogens is 6. The zero-order valence-electron chi connectivity index (χ0n) is 6.05. The zero-order valence-corrected chi connectivity index (χ0v) is 6.05. The molecule has 0 saturated carbocycles. The van der Waals surface area contributed by atoms with Crippen molar-refractivity contribution >= 4 is 0 Å². The second kappa shape index (κ2) is 3.37. The zero-order chi connectivity index (χ0) is 9.99. The Morgan fingerprint density at radius 2 is 1.58 bits per heavy atom. The lowest BCUT2D eigenvalue weighted by Crippen LogP contribution is -2.37. The average molecular weight is 192 g/mol. The van der Waals surface area contributed by atoms with Crippen LogP contribution in [0.15, 0.2) is 12.2 Å². The molecule has 72 valence electrons. The molecule has 1 unspecified atom stereocenters. The van der Waals surface area contributed by atoms with E-state index in [2.05, 4.69) is 0 Å². The first kappa shape index (κ1) is 11.3. The molecule has 0 rings (SSSR count). The minimum atomic E-state index is -5.11. The second-order valence-electron chi connectivity index (χ2n) is 2.39. The maximum atomic E-state index is 12.5. The van der Waals surface area contributed by atoms with Crippen LogP contribution in [0.25, 0.3) is 0 Å². The molecular weight excluding hydrogens is 186 g/mol.